The largest absolute Gasteiger partial charge is 0.748 e. The average Bonchev–Trinajstić information content (AvgIpc) is 2.36. The van der Waals surface area contributed by atoms with Crippen molar-refractivity contribution < 1.29 is 27.4 Å². The molecular formula is C10H21N3O5S. The number of piperazine rings is 1. The monoisotopic (exact) mass is 295 g/mol. The summed E-state index contributed by atoms with van der Waals surface area (Å²) in [6.45, 7) is 4.63. The molecule has 0 spiro atoms. The van der Waals surface area contributed by atoms with Gasteiger partial charge in [-0.05, 0) is 0 Å². The predicted octanol–water partition coefficient (Wildman–Crippen LogP) is -2.91. The van der Waals surface area contributed by atoms with Crippen molar-refractivity contribution in [2.24, 2.45) is 0 Å². The SMILES string of the molecule is CNC(=O)OCC[NH+]1CCN(CCS(=O)(=O)[O-])CC1. The zero-order valence-electron chi connectivity index (χ0n) is 11.1. The van der Waals surface area contributed by atoms with Gasteiger partial charge in [0.15, 0.2) is 0 Å². The van der Waals surface area contributed by atoms with Crippen LogP contribution in [0, 0.1) is 0 Å². The molecule has 0 aromatic heterocycles. The van der Waals surface area contributed by atoms with Gasteiger partial charge in [-0.1, -0.05) is 0 Å². The van der Waals surface area contributed by atoms with Crippen LogP contribution in [0.2, 0.25) is 0 Å². The first kappa shape index (κ1) is 16.2. The van der Waals surface area contributed by atoms with Crippen molar-refractivity contribution in [2.45, 2.75) is 0 Å². The molecule has 1 saturated heterocycles. The van der Waals surface area contributed by atoms with E-state index in [4.69, 9.17) is 4.74 Å². The Kier molecular flexibility index (Phi) is 6.49. The third-order valence-electron chi connectivity index (χ3n) is 3.11. The molecule has 8 nitrogen and oxygen atoms in total. The highest BCUT2D eigenvalue weighted by Crippen LogP contribution is 1.91. The van der Waals surface area contributed by atoms with Crippen LogP contribution in [0.3, 0.4) is 0 Å². The van der Waals surface area contributed by atoms with Gasteiger partial charge in [0.1, 0.15) is 13.2 Å². The molecule has 1 amide bonds. The molecule has 1 fully saturated rings. The lowest BCUT2D eigenvalue weighted by molar-refractivity contribution is -0.904. The molecular weight excluding hydrogens is 274 g/mol. The number of rotatable bonds is 6. The maximum Gasteiger partial charge on any atom is 0.407 e. The lowest BCUT2D eigenvalue weighted by Crippen LogP contribution is -3.15. The predicted molar refractivity (Wildman–Crippen MR) is 67.0 cm³/mol. The molecule has 0 bridgehead atoms. The number of carbonyl (C=O) groups is 1. The van der Waals surface area contributed by atoms with Gasteiger partial charge in [-0.3, -0.25) is 4.90 Å². The van der Waals surface area contributed by atoms with E-state index in [2.05, 4.69) is 5.32 Å². The van der Waals surface area contributed by atoms with E-state index < -0.39 is 16.2 Å². The molecule has 0 aliphatic carbocycles. The van der Waals surface area contributed by atoms with Gasteiger partial charge in [0, 0.05) is 26.7 Å². The van der Waals surface area contributed by atoms with E-state index in [1.165, 1.54) is 11.9 Å². The van der Waals surface area contributed by atoms with Gasteiger partial charge in [0.05, 0.1) is 29.0 Å². The normalized spacial score (nSPS) is 18.2. The van der Waals surface area contributed by atoms with Crippen LogP contribution >= 0.6 is 0 Å². The second-order valence-corrected chi connectivity index (χ2v) is 6.01. The number of carbonyl (C=O) groups excluding carboxylic acids is 1. The van der Waals surface area contributed by atoms with Gasteiger partial charge in [-0.2, -0.15) is 0 Å². The molecule has 0 radical (unpaired) electrons. The molecule has 0 unspecified atom stereocenters. The second kappa shape index (κ2) is 7.63. The summed E-state index contributed by atoms with van der Waals surface area (Å²) in [5.41, 5.74) is 0. The minimum atomic E-state index is -4.13. The molecule has 1 heterocycles. The van der Waals surface area contributed by atoms with Crippen molar-refractivity contribution in [3.05, 3.63) is 0 Å². The van der Waals surface area contributed by atoms with Gasteiger partial charge >= 0.3 is 6.09 Å². The van der Waals surface area contributed by atoms with Crippen molar-refractivity contribution in [3.8, 4) is 0 Å². The standard InChI is InChI=1S/C10H21N3O5S/c1-11-10(14)18-8-6-12-2-4-13(5-3-12)7-9-19(15,16)17/h2-9H2,1H3,(H,11,14)(H,15,16,17). The van der Waals surface area contributed by atoms with Crippen molar-refractivity contribution in [1.29, 1.82) is 0 Å². The minimum absolute atomic E-state index is 0.299. The van der Waals surface area contributed by atoms with Gasteiger partial charge in [-0.25, -0.2) is 13.2 Å². The summed E-state index contributed by atoms with van der Waals surface area (Å²) in [5, 5.41) is 2.38. The fourth-order valence-corrected chi connectivity index (χ4v) is 2.43. The summed E-state index contributed by atoms with van der Waals surface area (Å²) in [6, 6.07) is 0. The van der Waals surface area contributed by atoms with E-state index in [0.29, 0.717) is 13.2 Å². The Hall–Kier alpha value is -0.900. The summed E-state index contributed by atoms with van der Waals surface area (Å²) in [5.74, 6) is -0.331. The molecule has 2 N–H and O–H groups in total. The summed E-state index contributed by atoms with van der Waals surface area (Å²) in [7, 11) is -2.61. The van der Waals surface area contributed by atoms with Gasteiger partial charge in [-0.15, -0.1) is 0 Å². The molecule has 9 heteroatoms. The smallest absolute Gasteiger partial charge is 0.407 e. The molecule has 0 aromatic rings. The number of amides is 1. The highest BCUT2D eigenvalue weighted by atomic mass is 32.2. The molecule has 1 aliphatic rings. The molecule has 112 valence electrons. The van der Waals surface area contributed by atoms with Crippen LogP contribution in [-0.4, -0.2) is 82.6 Å². The first-order valence-electron chi connectivity index (χ1n) is 6.24. The Balaban J connectivity index is 2.13. The molecule has 1 rings (SSSR count). The minimum Gasteiger partial charge on any atom is -0.748 e. The van der Waals surface area contributed by atoms with Crippen molar-refractivity contribution in [3.63, 3.8) is 0 Å². The number of nitrogens with one attached hydrogen (secondary N) is 2. The fourth-order valence-electron chi connectivity index (χ4n) is 1.94. The van der Waals surface area contributed by atoms with Crippen LogP contribution in [0.1, 0.15) is 0 Å². The van der Waals surface area contributed by atoms with Crippen LogP contribution in [-0.2, 0) is 14.9 Å². The molecule has 19 heavy (non-hydrogen) atoms. The zero-order valence-corrected chi connectivity index (χ0v) is 11.9. The summed E-state index contributed by atoms with van der Waals surface area (Å²) in [4.78, 5) is 14.1. The van der Waals surface area contributed by atoms with Crippen molar-refractivity contribution >= 4 is 16.2 Å². The quantitative estimate of drug-likeness (QED) is 0.509. The highest BCUT2D eigenvalue weighted by Gasteiger charge is 2.20. The number of quaternary nitrogens is 1. The van der Waals surface area contributed by atoms with Crippen LogP contribution in [0.4, 0.5) is 4.79 Å². The van der Waals surface area contributed by atoms with Gasteiger partial charge in [0.25, 0.3) is 0 Å². The van der Waals surface area contributed by atoms with Crippen LogP contribution < -0.4 is 10.2 Å². The second-order valence-electron chi connectivity index (χ2n) is 4.49. The van der Waals surface area contributed by atoms with E-state index in [1.807, 2.05) is 4.90 Å². The Morgan fingerprint density at radius 1 is 1.42 bits per heavy atom. The van der Waals surface area contributed by atoms with Crippen LogP contribution in [0.15, 0.2) is 0 Å². The summed E-state index contributed by atoms with van der Waals surface area (Å²) in [6.07, 6.45) is -0.432. The van der Waals surface area contributed by atoms with Gasteiger partial charge in [0.2, 0.25) is 0 Å². The van der Waals surface area contributed by atoms with Crippen LogP contribution in [0.25, 0.3) is 0 Å². The van der Waals surface area contributed by atoms with Crippen LogP contribution in [0.5, 0.6) is 0 Å². The summed E-state index contributed by atoms with van der Waals surface area (Å²) >= 11 is 0. The van der Waals surface area contributed by atoms with E-state index in [0.717, 1.165) is 32.7 Å². The number of nitrogens with zero attached hydrogens (tertiary/aromatic N) is 1. The van der Waals surface area contributed by atoms with E-state index in [1.54, 1.807) is 0 Å². The van der Waals surface area contributed by atoms with E-state index >= 15 is 0 Å². The molecule has 0 atom stereocenters. The van der Waals surface area contributed by atoms with Crippen molar-refractivity contribution in [1.82, 2.24) is 10.2 Å². The highest BCUT2D eigenvalue weighted by molar-refractivity contribution is 7.85. The Labute approximate surface area is 113 Å². The molecule has 0 aromatic carbocycles. The topological polar surface area (TPSA) is 103 Å². The Bertz CT molecular complexity index is 379. The van der Waals surface area contributed by atoms with Gasteiger partial charge < -0.3 is 19.5 Å². The number of hydrogen-bond donors (Lipinski definition) is 2. The number of hydrogen-bond acceptors (Lipinski definition) is 6. The Morgan fingerprint density at radius 3 is 2.58 bits per heavy atom. The maximum atomic E-state index is 10.8. The Morgan fingerprint density at radius 2 is 2.05 bits per heavy atom. The van der Waals surface area contributed by atoms with Crippen molar-refractivity contribution in [2.75, 3.05) is 58.7 Å². The third kappa shape index (κ3) is 7.31. The first-order valence-corrected chi connectivity index (χ1v) is 7.82. The third-order valence-corrected chi connectivity index (χ3v) is 3.80. The first-order chi connectivity index (χ1) is 8.90. The average molecular weight is 295 g/mol. The number of alkyl carbamates (subject to hydrolysis) is 1. The summed E-state index contributed by atoms with van der Waals surface area (Å²) < 4.78 is 36.5. The fraction of sp³-hybridized carbons (Fsp3) is 0.900. The molecule has 0 saturated carbocycles. The van der Waals surface area contributed by atoms with E-state index in [9.17, 15) is 17.8 Å². The lowest BCUT2D eigenvalue weighted by atomic mass is 10.3. The molecule has 1 aliphatic heterocycles. The lowest BCUT2D eigenvalue weighted by Gasteiger charge is -2.32. The zero-order chi connectivity index (χ0) is 14.3. The van der Waals surface area contributed by atoms with E-state index in [-0.39, 0.29) is 5.75 Å². The maximum absolute atomic E-state index is 10.8. The number of ether oxygens (including phenoxy) is 1.